The first-order valence-corrected chi connectivity index (χ1v) is 9.49. The number of hydrogen-bond donors (Lipinski definition) is 0. The van der Waals surface area contributed by atoms with Gasteiger partial charge in [0.05, 0.1) is 22.8 Å². The molecule has 0 atom stereocenters. The summed E-state index contributed by atoms with van der Waals surface area (Å²) in [7, 11) is 0. The van der Waals surface area contributed by atoms with Crippen molar-refractivity contribution in [3.8, 4) is 0 Å². The summed E-state index contributed by atoms with van der Waals surface area (Å²) in [5.41, 5.74) is 6.19. The molecule has 27 heavy (non-hydrogen) atoms. The molecule has 3 heteroatoms. The van der Waals surface area contributed by atoms with Gasteiger partial charge in [-0.3, -0.25) is 0 Å². The minimum atomic E-state index is 0.772. The third-order valence-electron chi connectivity index (χ3n) is 4.64. The number of nitrogens with zero attached hydrogens (tertiary/aromatic N) is 2. The molecule has 0 N–H and O–H groups in total. The van der Waals surface area contributed by atoms with Crippen LogP contribution in [-0.4, -0.2) is 11.4 Å². The highest BCUT2D eigenvalue weighted by molar-refractivity contribution is 6.01. The molecule has 0 radical (unpaired) electrons. The summed E-state index contributed by atoms with van der Waals surface area (Å²) in [4.78, 5) is 9.53. The maximum absolute atomic E-state index is 6.04. The van der Waals surface area contributed by atoms with Gasteiger partial charge in [0, 0.05) is 0 Å². The van der Waals surface area contributed by atoms with Crippen molar-refractivity contribution in [2.24, 2.45) is 9.98 Å². The molecule has 3 aromatic rings. The second-order valence-electron chi connectivity index (χ2n) is 6.52. The van der Waals surface area contributed by atoms with Gasteiger partial charge in [-0.2, -0.15) is 0 Å². The first kappa shape index (κ1) is 18.8. The van der Waals surface area contributed by atoms with E-state index >= 15 is 0 Å². The fourth-order valence-corrected chi connectivity index (χ4v) is 3.04. The van der Waals surface area contributed by atoms with E-state index in [4.69, 9.17) is 14.4 Å². The molecule has 1 aromatic heterocycles. The van der Waals surface area contributed by atoms with E-state index in [-0.39, 0.29) is 0 Å². The van der Waals surface area contributed by atoms with Gasteiger partial charge in [-0.05, 0) is 62.1 Å². The molecule has 0 saturated carbocycles. The largest absolute Gasteiger partial charge is 0.454 e. The molecule has 0 unspecified atom stereocenters. The van der Waals surface area contributed by atoms with Crippen LogP contribution in [0.5, 0.6) is 0 Å². The Labute approximate surface area is 161 Å². The standard InChI is InChI=1S/C24H26N2O/c1-5-19-11-7-9-13-21(19)25-17(3)23-15-16-24(27-23)18(4)26-22-14-10-8-12-20(22)6-2/h7-16H,5-6H2,1-4H3. The Morgan fingerprint density at radius 2 is 1.07 bits per heavy atom. The molecule has 0 saturated heterocycles. The molecule has 3 nitrogen and oxygen atoms in total. The highest BCUT2D eigenvalue weighted by atomic mass is 16.3. The summed E-state index contributed by atoms with van der Waals surface area (Å²) in [6.45, 7) is 8.24. The Morgan fingerprint density at radius 3 is 1.48 bits per heavy atom. The van der Waals surface area contributed by atoms with Crippen LogP contribution in [0.15, 0.2) is 75.1 Å². The van der Waals surface area contributed by atoms with Gasteiger partial charge in [0.2, 0.25) is 0 Å². The van der Waals surface area contributed by atoms with E-state index in [2.05, 4.69) is 26.0 Å². The summed E-state index contributed by atoms with van der Waals surface area (Å²) in [5.74, 6) is 1.54. The summed E-state index contributed by atoms with van der Waals surface area (Å²) in [6, 6.07) is 20.4. The van der Waals surface area contributed by atoms with Crippen molar-refractivity contribution in [1.82, 2.24) is 0 Å². The van der Waals surface area contributed by atoms with Gasteiger partial charge in [-0.15, -0.1) is 0 Å². The lowest BCUT2D eigenvalue weighted by molar-refractivity contribution is 0.547. The molecule has 3 rings (SSSR count). The van der Waals surface area contributed by atoms with E-state index in [9.17, 15) is 0 Å². The topological polar surface area (TPSA) is 37.9 Å². The number of furan rings is 1. The first-order chi connectivity index (χ1) is 13.1. The molecule has 0 spiro atoms. The second kappa shape index (κ2) is 8.63. The average molecular weight is 358 g/mol. The maximum Gasteiger partial charge on any atom is 0.148 e. The maximum atomic E-state index is 6.04. The SMILES string of the molecule is CCc1ccccc1N=C(C)c1ccc(C(C)=Nc2ccccc2CC)o1. The van der Waals surface area contributed by atoms with Crippen molar-refractivity contribution in [3.05, 3.63) is 83.3 Å². The highest BCUT2D eigenvalue weighted by Crippen LogP contribution is 2.23. The van der Waals surface area contributed by atoms with Crippen LogP contribution in [0.2, 0.25) is 0 Å². The summed E-state index contributed by atoms with van der Waals surface area (Å²) in [5, 5.41) is 0. The van der Waals surface area contributed by atoms with Crippen LogP contribution in [0.3, 0.4) is 0 Å². The van der Waals surface area contributed by atoms with Crippen LogP contribution >= 0.6 is 0 Å². The Morgan fingerprint density at radius 1 is 0.667 bits per heavy atom. The van der Waals surface area contributed by atoms with Gasteiger partial charge in [0.1, 0.15) is 11.5 Å². The van der Waals surface area contributed by atoms with Crippen molar-refractivity contribution in [2.45, 2.75) is 40.5 Å². The quantitative estimate of drug-likeness (QED) is 0.453. The molecule has 138 valence electrons. The molecule has 0 fully saturated rings. The van der Waals surface area contributed by atoms with Crippen molar-refractivity contribution in [1.29, 1.82) is 0 Å². The van der Waals surface area contributed by atoms with E-state index < -0.39 is 0 Å². The zero-order chi connectivity index (χ0) is 19.2. The van der Waals surface area contributed by atoms with Gasteiger partial charge in [0.15, 0.2) is 0 Å². The van der Waals surface area contributed by atoms with Crippen LogP contribution in [0, 0.1) is 0 Å². The summed E-state index contributed by atoms with van der Waals surface area (Å²) < 4.78 is 6.04. The smallest absolute Gasteiger partial charge is 0.148 e. The summed E-state index contributed by atoms with van der Waals surface area (Å²) in [6.07, 6.45) is 1.91. The van der Waals surface area contributed by atoms with E-state index in [1.165, 1.54) is 11.1 Å². The Kier molecular flexibility index (Phi) is 6.02. The fraction of sp³-hybridized carbons (Fsp3) is 0.250. The lowest BCUT2D eigenvalue weighted by atomic mass is 10.1. The predicted octanol–water partition coefficient (Wildman–Crippen LogP) is 6.69. The number of benzene rings is 2. The molecule has 0 aliphatic heterocycles. The number of hydrogen-bond acceptors (Lipinski definition) is 3. The predicted molar refractivity (Wildman–Crippen MR) is 114 cm³/mol. The van der Waals surface area contributed by atoms with Crippen LogP contribution in [-0.2, 0) is 12.8 Å². The molecule has 0 amide bonds. The van der Waals surface area contributed by atoms with Crippen LogP contribution in [0.4, 0.5) is 11.4 Å². The van der Waals surface area contributed by atoms with E-state index in [0.717, 1.165) is 47.2 Å². The minimum Gasteiger partial charge on any atom is -0.454 e. The summed E-state index contributed by atoms with van der Waals surface area (Å²) >= 11 is 0. The Bertz CT molecular complexity index is 901. The monoisotopic (exact) mass is 358 g/mol. The van der Waals surface area contributed by atoms with Crippen molar-refractivity contribution in [3.63, 3.8) is 0 Å². The zero-order valence-corrected chi connectivity index (χ0v) is 16.5. The third kappa shape index (κ3) is 4.43. The van der Waals surface area contributed by atoms with E-state index in [1.807, 2.05) is 62.4 Å². The lowest BCUT2D eigenvalue weighted by Gasteiger charge is -2.04. The van der Waals surface area contributed by atoms with Crippen molar-refractivity contribution in [2.75, 3.05) is 0 Å². The first-order valence-electron chi connectivity index (χ1n) is 9.49. The number of para-hydroxylation sites is 2. The van der Waals surface area contributed by atoms with Crippen LogP contribution in [0.1, 0.15) is 50.3 Å². The van der Waals surface area contributed by atoms with E-state index in [0.29, 0.717) is 0 Å². The van der Waals surface area contributed by atoms with Crippen LogP contribution < -0.4 is 0 Å². The molecular formula is C24H26N2O. The van der Waals surface area contributed by atoms with Gasteiger partial charge in [-0.1, -0.05) is 50.2 Å². The fourth-order valence-electron chi connectivity index (χ4n) is 3.04. The Hall–Kier alpha value is -2.94. The normalized spacial score (nSPS) is 12.4. The zero-order valence-electron chi connectivity index (χ0n) is 16.5. The van der Waals surface area contributed by atoms with Gasteiger partial charge in [0.25, 0.3) is 0 Å². The number of aliphatic imine (C=N–C) groups is 2. The van der Waals surface area contributed by atoms with Crippen molar-refractivity contribution < 1.29 is 4.42 Å². The molecule has 0 aliphatic carbocycles. The Balaban J connectivity index is 1.87. The molecule has 0 bridgehead atoms. The number of aryl methyl sites for hydroxylation is 2. The minimum absolute atomic E-state index is 0.772. The average Bonchev–Trinajstić information content (AvgIpc) is 3.19. The lowest BCUT2D eigenvalue weighted by Crippen LogP contribution is -1.94. The second-order valence-corrected chi connectivity index (χ2v) is 6.52. The van der Waals surface area contributed by atoms with Gasteiger partial charge < -0.3 is 4.42 Å². The van der Waals surface area contributed by atoms with Gasteiger partial charge in [-0.25, -0.2) is 9.98 Å². The van der Waals surface area contributed by atoms with E-state index in [1.54, 1.807) is 0 Å². The highest BCUT2D eigenvalue weighted by Gasteiger charge is 2.09. The molecule has 0 aliphatic rings. The molecule has 2 aromatic carbocycles. The van der Waals surface area contributed by atoms with Crippen LogP contribution in [0.25, 0.3) is 0 Å². The molecule has 1 heterocycles. The van der Waals surface area contributed by atoms with Gasteiger partial charge >= 0.3 is 0 Å². The number of rotatable bonds is 6. The third-order valence-corrected chi connectivity index (χ3v) is 4.64. The molecular weight excluding hydrogens is 332 g/mol. The van der Waals surface area contributed by atoms with Crippen molar-refractivity contribution >= 4 is 22.8 Å².